The Morgan fingerprint density at radius 1 is 1.00 bits per heavy atom. The summed E-state index contributed by atoms with van der Waals surface area (Å²) in [6.45, 7) is 0. The van der Waals surface area contributed by atoms with E-state index in [2.05, 4.69) is 15.9 Å². The number of thioether (sulfide) groups is 1. The highest BCUT2D eigenvalue weighted by molar-refractivity contribution is 9.10. The molecular formula is C13H9BrN2O4S. The SMILES string of the molecule is O=[N+]([O-])c1ccc(SCc2ccc(Br)cc2)c([N+](=O)[O-])c1. The third kappa shape index (κ3) is 4.02. The van der Waals surface area contributed by atoms with Crippen molar-refractivity contribution < 1.29 is 9.85 Å². The van der Waals surface area contributed by atoms with Crippen molar-refractivity contribution in [1.29, 1.82) is 0 Å². The lowest BCUT2D eigenvalue weighted by Crippen LogP contribution is -1.94. The average Bonchev–Trinajstić information content (AvgIpc) is 2.46. The van der Waals surface area contributed by atoms with Crippen LogP contribution >= 0.6 is 27.7 Å². The molecular weight excluding hydrogens is 360 g/mol. The first kappa shape index (κ1) is 15.5. The van der Waals surface area contributed by atoms with Crippen LogP contribution < -0.4 is 0 Å². The number of hydrogen-bond acceptors (Lipinski definition) is 5. The Labute approximate surface area is 132 Å². The molecule has 21 heavy (non-hydrogen) atoms. The zero-order chi connectivity index (χ0) is 15.4. The second-order valence-corrected chi connectivity index (χ2v) is 6.01. The van der Waals surface area contributed by atoms with E-state index in [9.17, 15) is 20.2 Å². The molecule has 2 aromatic rings. The van der Waals surface area contributed by atoms with E-state index in [-0.39, 0.29) is 11.4 Å². The van der Waals surface area contributed by atoms with Gasteiger partial charge in [-0.1, -0.05) is 28.1 Å². The maximum atomic E-state index is 11.0. The Kier molecular flexibility index (Phi) is 4.92. The molecule has 0 radical (unpaired) electrons. The third-order valence-corrected chi connectivity index (χ3v) is 4.32. The van der Waals surface area contributed by atoms with Gasteiger partial charge in [0.1, 0.15) is 0 Å². The molecule has 0 aliphatic rings. The first-order valence-corrected chi connectivity index (χ1v) is 7.55. The Morgan fingerprint density at radius 3 is 2.24 bits per heavy atom. The van der Waals surface area contributed by atoms with Gasteiger partial charge in [0.05, 0.1) is 20.8 Å². The second-order valence-electron chi connectivity index (χ2n) is 4.08. The normalized spacial score (nSPS) is 10.3. The zero-order valence-corrected chi connectivity index (χ0v) is 13.0. The maximum Gasteiger partial charge on any atom is 0.289 e. The molecule has 0 N–H and O–H groups in total. The van der Waals surface area contributed by atoms with Gasteiger partial charge in [-0.2, -0.15) is 0 Å². The lowest BCUT2D eigenvalue weighted by molar-refractivity contribution is -0.396. The predicted octanol–water partition coefficient (Wildman–Crippen LogP) is 4.56. The molecule has 0 aliphatic heterocycles. The molecule has 0 aromatic heterocycles. The molecule has 0 fully saturated rings. The van der Waals surface area contributed by atoms with Crippen LogP contribution in [0.1, 0.15) is 5.56 Å². The average molecular weight is 369 g/mol. The molecule has 0 heterocycles. The highest BCUT2D eigenvalue weighted by Gasteiger charge is 2.19. The first-order valence-electron chi connectivity index (χ1n) is 5.77. The summed E-state index contributed by atoms with van der Waals surface area (Å²) in [4.78, 5) is 20.9. The number of benzene rings is 2. The van der Waals surface area contributed by atoms with Gasteiger partial charge < -0.3 is 0 Å². The van der Waals surface area contributed by atoms with E-state index < -0.39 is 9.85 Å². The number of nitrogens with zero attached hydrogens (tertiary/aromatic N) is 2. The van der Waals surface area contributed by atoms with Gasteiger partial charge in [0.2, 0.25) is 0 Å². The van der Waals surface area contributed by atoms with E-state index in [0.29, 0.717) is 10.6 Å². The molecule has 6 nitrogen and oxygen atoms in total. The fourth-order valence-electron chi connectivity index (χ4n) is 1.63. The summed E-state index contributed by atoms with van der Waals surface area (Å²) in [5.74, 6) is 0.548. The van der Waals surface area contributed by atoms with Crippen LogP contribution in [-0.2, 0) is 5.75 Å². The van der Waals surface area contributed by atoms with Crippen LogP contribution in [0.15, 0.2) is 51.8 Å². The van der Waals surface area contributed by atoms with Crippen molar-refractivity contribution in [3.63, 3.8) is 0 Å². The number of non-ortho nitro benzene ring substituents is 1. The van der Waals surface area contributed by atoms with Crippen LogP contribution in [0.5, 0.6) is 0 Å². The molecule has 0 saturated carbocycles. The molecule has 2 aromatic carbocycles. The van der Waals surface area contributed by atoms with Gasteiger partial charge in [-0.25, -0.2) is 0 Å². The second kappa shape index (κ2) is 6.68. The number of rotatable bonds is 5. The molecule has 0 aliphatic carbocycles. The summed E-state index contributed by atoms with van der Waals surface area (Å²) >= 11 is 4.61. The summed E-state index contributed by atoms with van der Waals surface area (Å²) in [5, 5.41) is 21.7. The third-order valence-electron chi connectivity index (χ3n) is 2.66. The number of nitro groups is 2. The molecule has 0 atom stereocenters. The lowest BCUT2D eigenvalue weighted by Gasteiger charge is -2.03. The van der Waals surface area contributed by atoms with Crippen molar-refractivity contribution in [2.45, 2.75) is 10.6 Å². The Hall–Kier alpha value is -1.93. The zero-order valence-electron chi connectivity index (χ0n) is 10.6. The maximum absolute atomic E-state index is 11.0. The van der Waals surface area contributed by atoms with Crippen molar-refractivity contribution >= 4 is 39.1 Å². The van der Waals surface area contributed by atoms with Crippen molar-refractivity contribution in [3.05, 3.63) is 72.7 Å². The summed E-state index contributed by atoms with van der Waals surface area (Å²) in [7, 11) is 0. The summed E-state index contributed by atoms with van der Waals surface area (Å²) < 4.78 is 0.956. The summed E-state index contributed by atoms with van der Waals surface area (Å²) in [5.41, 5.74) is 0.483. The molecule has 0 bridgehead atoms. The smallest absolute Gasteiger partial charge is 0.258 e. The van der Waals surface area contributed by atoms with E-state index in [1.807, 2.05) is 24.3 Å². The van der Waals surface area contributed by atoms with E-state index in [4.69, 9.17) is 0 Å². The van der Waals surface area contributed by atoms with Gasteiger partial charge in [-0.3, -0.25) is 20.2 Å². The topological polar surface area (TPSA) is 86.3 Å². The van der Waals surface area contributed by atoms with E-state index in [1.165, 1.54) is 23.9 Å². The van der Waals surface area contributed by atoms with Crippen molar-refractivity contribution in [3.8, 4) is 0 Å². The molecule has 108 valence electrons. The van der Waals surface area contributed by atoms with Crippen molar-refractivity contribution in [2.24, 2.45) is 0 Å². The van der Waals surface area contributed by atoms with Crippen molar-refractivity contribution in [1.82, 2.24) is 0 Å². The Balaban J connectivity index is 2.21. The van der Waals surface area contributed by atoms with Gasteiger partial charge in [0.15, 0.2) is 0 Å². The molecule has 0 unspecified atom stereocenters. The quantitative estimate of drug-likeness (QED) is 0.438. The molecule has 0 amide bonds. The van der Waals surface area contributed by atoms with Crippen LogP contribution in [0.2, 0.25) is 0 Å². The van der Waals surface area contributed by atoms with Gasteiger partial charge in [-0.15, -0.1) is 11.8 Å². The first-order chi connectivity index (χ1) is 9.97. The highest BCUT2D eigenvalue weighted by atomic mass is 79.9. The Morgan fingerprint density at radius 2 is 1.67 bits per heavy atom. The van der Waals surface area contributed by atoms with E-state index >= 15 is 0 Å². The lowest BCUT2D eigenvalue weighted by atomic mass is 10.2. The number of halogens is 1. The van der Waals surface area contributed by atoms with Gasteiger partial charge in [-0.05, 0) is 23.8 Å². The van der Waals surface area contributed by atoms with Crippen LogP contribution in [0.3, 0.4) is 0 Å². The summed E-state index contributed by atoms with van der Waals surface area (Å²) in [6, 6.07) is 11.3. The minimum atomic E-state index is -0.643. The molecule has 8 heteroatoms. The van der Waals surface area contributed by atoms with Crippen LogP contribution in [-0.4, -0.2) is 9.85 Å². The van der Waals surface area contributed by atoms with Gasteiger partial charge in [0.25, 0.3) is 11.4 Å². The Bertz CT molecular complexity index is 691. The number of nitro benzene ring substituents is 2. The van der Waals surface area contributed by atoms with Crippen LogP contribution in [0.25, 0.3) is 0 Å². The largest absolute Gasteiger partial charge is 0.289 e. The van der Waals surface area contributed by atoms with Crippen LogP contribution in [0, 0.1) is 20.2 Å². The predicted molar refractivity (Wildman–Crippen MR) is 83.5 cm³/mol. The highest BCUT2D eigenvalue weighted by Crippen LogP contribution is 2.34. The van der Waals surface area contributed by atoms with E-state index in [1.54, 1.807) is 0 Å². The van der Waals surface area contributed by atoms with Gasteiger partial charge in [0, 0.05) is 16.3 Å². The van der Waals surface area contributed by atoms with Crippen LogP contribution in [0.4, 0.5) is 11.4 Å². The fourth-order valence-corrected chi connectivity index (χ4v) is 2.85. The minimum Gasteiger partial charge on any atom is -0.258 e. The standard InChI is InChI=1S/C13H9BrN2O4S/c14-10-3-1-9(2-4-10)8-21-13-6-5-11(15(17)18)7-12(13)16(19)20/h1-7H,8H2. The summed E-state index contributed by atoms with van der Waals surface area (Å²) in [6.07, 6.45) is 0. The minimum absolute atomic E-state index is 0.244. The molecule has 0 saturated heterocycles. The fraction of sp³-hybridized carbons (Fsp3) is 0.0769. The van der Waals surface area contributed by atoms with Crippen molar-refractivity contribution in [2.75, 3.05) is 0 Å². The molecule has 0 spiro atoms. The monoisotopic (exact) mass is 368 g/mol. The molecule has 2 rings (SSSR count). The van der Waals surface area contributed by atoms with E-state index in [0.717, 1.165) is 16.1 Å². The van der Waals surface area contributed by atoms with Gasteiger partial charge >= 0.3 is 0 Å². The number of hydrogen-bond donors (Lipinski definition) is 0.